The van der Waals surface area contributed by atoms with Crippen molar-refractivity contribution in [1.29, 1.82) is 0 Å². The number of imidazole rings is 1. The van der Waals surface area contributed by atoms with E-state index in [1.54, 1.807) is 10.9 Å². The molecule has 0 spiro atoms. The van der Waals surface area contributed by atoms with E-state index in [0.717, 1.165) is 24.7 Å². The van der Waals surface area contributed by atoms with Crippen molar-refractivity contribution in [3.63, 3.8) is 0 Å². The topological polar surface area (TPSA) is 60.6 Å². The highest BCUT2D eigenvalue weighted by atomic mass is 15.4. The van der Waals surface area contributed by atoms with Crippen molar-refractivity contribution < 1.29 is 0 Å². The molecule has 6 nitrogen and oxygen atoms in total. The van der Waals surface area contributed by atoms with E-state index < -0.39 is 0 Å². The number of nitrogens with zero attached hydrogens (tertiary/aromatic N) is 5. The first-order valence-corrected chi connectivity index (χ1v) is 5.80. The Labute approximate surface area is 101 Å². The Morgan fingerprint density at radius 1 is 1.41 bits per heavy atom. The van der Waals surface area contributed by atoms with E-state index in [0.29, 0.717) is 6.04 Å². The van der Waals surface area contributed by atoms with Gasteiger partial charge in [0.25, 0.3) is 0 Å². The molecular weight excluding hydrogens is 216 g/mol. The zero-order chi connectivity index (χ0) is 12.3. The first-order valence-electron chi connectivity index (χ1n) is 5.80. The van der Waals surface area contributed by atoms with Crippen LogP contribution in [0.4, 0.5) is 5.95 Å². The lowest BCUT2D eigenvalue weighted by Gasteiger charge is -2.12. The molecule has 92 valence electrons. The molecule has 0 bridgehead atoms. The molecule has 0 aliphatic rings. The second kappa shape index (κ2) is 4.99. The molecule has 6 heteroatoms. The molecule has 2 aromatic rings. The maximum absolute atomic E-state index is 4.46. The summed E-state index contributed by atoms with van der Waals surface area (Å²) in [4.78, 5) is 4.46. The molecule has 17 heavy (non-hydrogen) atoms. The lowest BCUT2D eigenvalue weighted by atomic mass is 10.4. The van der Waals surface area contributed by atoms with E-state index in [9.17, 15) is 0 Å². The molecule has 2 rings (SSSR count). The van der Waals surface area contributed by atoms with Gasteiger partial charge in [-0.15, -0.1) is 5.10 Å². The van der Waals surface area contributed by atoms with Crippen LogP contribution in [0.15, 0.2) is 18.6 Å². The van der Waals surface area contributed by atoms with Crippen LogP contribution in [0.2, 0.25) is 0 Å². The fourth-order valence-corrected chi connectivity index (χ4v) is 1.67. The average Bonchev–Trinajstić information content (AvgIpc) is 2.88. The van der Waals surface area contributed by atoms with E-state index in [1.807, 2.05) is 13.1 Å². The van der Waals surface area contributed by atoms with Crippen LogP contribution < -0.4 is 5.32 Å². The van der Waals surface area contributed by atoms with Gasteiger partial charge in [-0.05, 0) is 20.8 Å². The highest BCUT2D eigenvalue weighted by Crippen LogP contribution is 2.14. The van der Waals surface area contributed by atoms with Crippen molar-refractivity contribution >= 4 is 5.95 Å². The second-order valence-electron chi connectivity index (χ2n) is 4.30. The van der Waals surface area contributed by atoms with Crippen LogP contribution in [0, 0.1) is 6.92 Å². The van der Waals surface area contributed by atoms with Gasteiger partial charge in [-0.1, -0.05) is 5.21 Å². The van der Waals surface area contributed by atoms with Gasteiger partial charge in [-0.25, -0.2) is 4.98 Å². The zero-order valence-electron chi connectivity index (χ0n) is 10.5. The highest BCUT2D eigenvalue weighted by molar-refractivity contribution is 5.29. The Morgan fingerprint density at radius 3 is 2.88 bits per heavy atom. The molecule has 2 heterocycles. The van der Waals surface area contributed by atoms with Crippen molar-refractivity contribution in [2.24, 2.45) is 0 Å². The molecule has 0 amide bonds. The number of nitrogens with one attached hydrogen (secondary N) is 1. The molecule has 0 unspecified atom stereocenters. The second-order valence-corrected chi connectivity index (χ2v) is 4.30. The molecule has 1 N–H and O–H groups in total. The predicted molar refractivity (Wildman–Crippen MR) is 65.9 cm³/mol. The third kappa shape index (κ3) is 2.83. The summed E-state index contributed by atoms with van der Waals surface area (Å²) in [6, 6.07) is 0.407. The first kappa shape index (κ1) is 11.6. The first-order chi connectivity index (χ1) is 8.16. The lowest BCUT2D eigenvalue weighted by Crippen LogP contribution is -2.15. The fraction of sp³-hybridized carbons (Fsp3) is 0.545. The van der Waals surface area contributed by atoms with Crippen LogP contribution in [-0.4, -0.2) is 31.1 Å². The van der Waals surface area contributed by atoms with Gasteiger partial charge in [-0.2, -0.15) is 0 Å². The summed E-state index contributed by atoms with van der Waals surface area (Å²) in [5.74, 6) is 0.914. The molecule has 0 saturated carbocycles. The third-order valence-electron chi connectivity index (χ3n) is 2.51. The lowest BCUT2D eigenvalue weighted by molar-refractivity contribution is 0.587. The van der Waals surface area contributed by atoms with Crippen molar-refractivity contribution in [1.82, 2.24) is 24.5 Å². The van der Waals surface area contributed by atoms with Gasteiger partial charge in [-0.3, -0.25) is 4.68 Å². The molecule has 0 radical (unpaired) electrons. The van der Waals surface area contributed by atoms with Gasteiger partial charge < -0.3 is 9.88 Å². The van der Waals surface area contributed by atoms with Gasteiger partial charge in [0.05, 0.1) is 18.4 Å². The Balaban J connectivity index is 1.94. The smallest absolute Gasteiger partial charge is 0.203 e. The normalized spacial score (nSPS) is 11.1. The minimum Gasteiger partial charge on any atom is -0.354 e. The summed E-state index contributed by atoms with van der Waals surface area (Å²) in [7, 11) is 0. The molecule has 0 saturated heterocycles. The summed E-state index contributed by atoms with van der Waals surface area (Å²) in [5, 5.41) is 11.0. The van der Waals surface area contributed by atoms with Crippen LogP contribution in [0.1, 0.15) is 25.6 Å². The molecule has 0 aromatic carbocycles. The number of hydrogen-bond acceptors (Lipinski definition) is 4. The van der Waals surface area contributed by atoms with Gasteiger partial charge in [0.1, 0.15) is 0 Å². The maximum atomic E-state index is 4.46. The summed E-state index contributed by atoms with van der Waals surface area (Å²) >= 11 is 0. The van der Waals surface area contributed by atoms with Crippen molar-refractivity contribution in [3.05, 3.63) is 24.3 Å². The van der Waals surface area contributed by atoms with Crippen molar-refractivity contribution in [3.8, 4) is 0 Å². The van der Waals surface area contributed by atoms with Crippen molar-refractivity contribution in [2.75, 3.05) is 11.9 Å². The molecule has 0 aliphatic heterocycles. The number of aromatic nitrogens is 5. The van der Waals surface area contributed by atoms with E-state index in [4.69, 9.17) is 0 Å². The Hall–Kier alpha value is -1.85. The van der Waals surface area contributed by atoms with Crippen LogP contribution >= 0.6 is 0 Å². The van der Waals surface area contributed by atoms with Crippen LogP contribution in [0.25, 0.3) is 0 Å². The third-order valence-corrected chi connectivity index (χ3v) is 2.51. The van der Waals surface area contributed by atoms with E-state index in [1.165, 1.54) is 0 Å². The number of aryl methyl sites for hydroxylation is 1. The quantitative estimate of drug-likeness (QED) is 0.851. The number of rotatable bonds is 5. The summed E-state index contributed by atoms with van der Waals surface area (Å²) < 4.78 is 3.93. The molecular formula is C11H18N6. The zero-order valence-corrected chi connectivity index (χ0v) is 10.5. The van der Waals surface area contributed by atoms with E-state index >= 15 is 0 Å². The number of hydrogen-bond donors (Lipinski definition) is 1. The van der Waals surface area contributed by atoms with Gasteiger partial charge in [0.2, 0.25) is 5.95 Å². The minimum absolute atomic E-state index is 0.407. The minimum atomic E-state index is 0.407. The molecule has 0 aliphatic carbocycles. The summed E-state index contributed by atoms with van der Waals surface area (Å²) in [6.45, 7) is 7.85. The van der Waals surface area contributed by atoms with Crippen LogP contribution in [0.3, 0.4) is 0 Å². The van der Waals surface area contributed by atoms with Crippen molar-refractivity contribution in [2.45, 2.75) is 33.4 Å². The summed E-state index contributed by atoms with van der Waals surface area (Å²) in [6.07, 6.45) is 5.59. The average molecular weight is 234 g/mol. The highest BCUT2D eigenvalue weighted by Gasteiger charge is 2.07. The Bertz CT molecular complexity index is 456. The van der Waals surface area contributed by atoms with Crippen LogP contribution in [-0.2, 0) is 6.54 Å². The molecule has 0 fully saturated rings. The Morgan fingerprint density at radius 2 is 2.24 bits per heavy atom. The maximum Gasteiger partial charge on any atom is 0.203 e. The van der Waals surface area contributed by atoms with Gasteiger partial charge in [0, 0.05) is 25.0 Å². The van der Waals surface area contributed by atoms with Crippen LogP contribution in [0.5, 0.6) is 0 Å². The van der Waals surface area contributed by atoms with Gasteiger partial charge >= 0.3 is 0 Å². The van der Waals surface area contributed by atoms with E-state index in [-0.39, 0.29) is 0 Å². The predicted octanol–water partition coefficient (Wildman–Crippen LogP) is 1.48. The molecule has 0 atom stereocenters. The number of anilines is 1. The monoisotopic (exact) mass is 234 g/mol. The SMILES string of the molecule is Cc1cn(C(C)C)c(NCCn2ccnn2)n1. The molecule has 2 aromatic heterocycles. The Kier molecular flexibility index (Phi) is 3.41. The van der Waals surface area contributed by atoms with E-state index in [2.05, 4.69) is 45.2 Å². The standard InChI is InChI=1S/C11H18N6/c1-9(2)17-8-10(3)14-11(17)12-4-6-16-7-5-13-15-16/h5,7-9H,4,6H2,1-3H3,(H,12,14). The summed E-state index contributed by atoms with van der Waals surface area (Å²) in [5.41, 5.74) is 1.03. The van der Waals surface area contributed by atoms with Gasteiger partial charge in [0.15, 0.2) is 0 Å². The fourth-order valence-electron chi connectivity index (χ4n) is 1.67. The largest absolute Gasteiger partial charge is 0.354 e.